The first-order valence-electron chi connectivity index (χ1n) is 11.8. The summed E-state index contributed by atoms with van der Waals surface area (Å²) < 4.78 is 5.65. The lowest BCUT2D eigenvalue weighted by Crippen LogP contribution is -2.53. The van der Waals surface area contributed by atoms with Crippen molar-refractivity contribution in [3.05, 3.63) is 58.7 Å². The molecule has 3 rings (SSSR count). The van der Waals surface area contributed by atoms with Gasteiger partial charge in [-0.1, -0.05) is 48.9 Å². The maximum absolute atomic E-state index is 13.2. The topological polar surface area (TPSA) is 95.9 Å². The van der Waals surface area contributed by atoms with Gasteiger partial charge in [0.05, 0.1) is 12.0 Å². The third-order valence-electron chi connectivity index (χ3n) is 6.38. The van der Waals surface area contributed by atoms with Crippen molar-refractivity contribution in [3.8, 4) is 0 Å². The number of allylic oxidation sites excluding steroid dienone is 1. The number of carbonyl (C=O) groups is 3. The van der Waals surface area contributed by atoms with E-state index in [1.807, 2.05) is 65.0 Å². The van der Waals surface area contributed by atoms with Gasteiger partial charge >= 0.3 is 12.1 Å². The highest BCUT2D eigenvalue weighted by Crippen LogP contribution is 2.43. The van der Waals surface area contributed by atoms with Gasteiger partial charge in [-0.15, -0.1) is 0 Å². The number of aliphatic carboxylic acids is 1. The molecule has 0 fully saturated rings. The van der Waals surface area contributed by atoms with Crippen LogP contribution in [0.3, 0.4) is 0 Å². The number of hydrogen-bond donors (Lipinski definition) is 2. The first kappa shape index (κ1) is 25.5. The van der Waals surface area contributed by atoms with Crippen LogP contribution < -0.4 is 5.32 Å². The Morgan fingerprint density at radius 3 is 2.47 bits per heavy atom. The lowest BCUT2D eigenvalue weighted by Gasteiger charge is -2.38. The first-order valence-corrected chi connectivity index (χ1v) is 11.8. The second kappa shape index (κ2) is 9.65. The molecule has 7 nitrogen and oxygen atoms in total. The van der Waals surface area contributed by atoms with Gasteiger partial charge in [-0.3, -0.25) is 9.69 Å². The van der Waals surface area contributed by atoms with E-state index in [9.17, 15) is 19.5 Å². The SMILES string of the molecule is Cc1ccc(C[C@@H](NC(=O)CC2(C)C3=C(CC(C)C=C3)CN2C(=O)OC(C)(C)C)C(=O)O)cc1. The molecule has 0 aromatic heterocycles. The average molecular weight is 469 g/mol. The van der Waals surface area contributed by atoms with Gasteiger partial charge in [0.25, 0.3) is 0 Å². The number of carboxylic acids is 1. The fraction of sp³-hybridized carbons (Fsp3) is 0.519. The molecule has 0 saturated heterocycles. The van der Waals surface area contributed by atoms with Crippen LogP contribution >= 0.6 is 0 Å². The van der Waals surface area contributed by atoms with Crippen LogP contribution in [0, 0.1) is 12.8 Å². The number of carbonyl (C=O) groups excluding carboxylic acids is 2. The monoisotopic (exact) mass is 468 g/mol. The van der Waals surface area contributed by atoms with Gasteiger partial charge in [0.1, 0.15) is 11.6 Å². The zero-order valence-electron chi connectivity index (χ0n) is 21.0. The second-order valence-corrected chi connectivity index (χ2v) is 10.7. The second-order valence-electron chi connectivity index (χ2n) is 10.7. The van der Waals surface area contributed by atoms with Gasteiger partial charge in [0.2, 0.25) is 5.91 Å². The predicted octanol–water partition coefficient (Wildman–Crippen LogP) is 4.40. The first-order chi connectivity index (χ1) is 15.8. The molecule has 1 aliphatic carbocycles. The number of ether oxygens (including phenoxy) is 1. The molecule has 1 aliphatic heterocycles. The summed E-state index contributed by atoms with van der Waals surface area (Å²) in [6.45, 7) is 11.8. The van der Waals surface area contributed by atoms with Crippen LogP contribution in [0.2, 0.25) is 0 Å². The van der Waals surface area contributed by atoms with Crippen LogP contribution in [0.1, 0.15) is 58.6 Å². The number of aryl methyl sites for hydroxylation is 1. The van der Waals surface area contributed by atoms with E-state index in [2.05, 4.69) is 18.3 Å². The highest BCUT2D eigenvalue weighted by atomic mass is 16.6. The van der Waals surface area contributed by atoms with E-state index in [1.54, 1.807) is 4.90 Å². The fourth-order valence-electron chi connectivity index (χ4n) is 4.66. The summed E-state index contributed by atoms with van der Waals surface area (Å²) in [6.07, 6.45) is 4.55. The van der Waals surface area contributed by atoms with E-state index < -0.39 is 35.2 Å². The van der Waals surface area contributed by atoms with Crippen molar-refractivity contribution < 1.29 is 24.2 Å². The Morgan fingerprint density at radius 2 is 1.88 bits per heavy atom. The normalized spacial score (nSPS) is 22.9. The third-order valence-corrected chi connectivity index (χ3v) is 6.38. The molecule has 3 atom stereocenters. The Labute approximate surface area is 201 Å². The number of nitrogens with zero attached hydrogens (tertiary/aromatic N) is 1. The molecule has 0 radical (unpaired) electrons. The molecule has 1 aromatic rings. The van der Waals surface area contributed by atoms with Crippen LogP contribution in [0.15, 0.2) is 47.6 Å². The number of nitrogens with one attached hydrogen (secondary N) is 1. The molecule has 184 valence electrons. The quantitative estimate of drug-likeness (QED) is 0.645. The Hall–Kier alpha value is -3.09. The van der Waals surface area contributed by atoms with Gasteiger partial charge in [0, 0.05) is 13.0 Å². The Bertz CT molecular complexity index is 1020. The lowest BCUT2D eigenvalue weighted by molar-refractivity contribution is -0.142. The molecule has 2 aliphatic rings. The largest absolute Gasteiger partial charge is 0.480 e. The van der Waals surface area contributed by atoms with Crippen molar-refractivity contribution in [2.24, 2.45) is 5.92 Å². The molecule has 0 bridgehead atoms. The summed E-state index contributed by atoms with van der Waals surface area (Å²) in [4.78, 5) is 39.8. The highest BCUT2D eigenvalue weighted by Gasteiger charge is 2.48. The summed E-state index contributed by atoms with van der Waals surface area (Å²) in [6, 6.07) is 6.50. The molecule has 34 heavy (non-hydrogen) atoms. The van der Waals surface area contributed by atoms with Crippen molar-refractivity contribution in [3.63, 3.8) is 0 Å². The van der Waals surface area contributed by atoms with Crippen LogP contribution in [0.25, 0.3) is 0 Å². The molecular formula is C27H36N2O5. The standard InChI is InChI=1S/C27H36N2O5/c1-17-7-10-19(11-8-17)14-22(24(31)32)28-23(30)15-27(6)21-12-9-18(2)13-20(21)16-29(27)25(33)34-26(3,4)5/h7-12,18,22H,13-16H2,1-6H3,(H,28,30)(H,31,32)/t18?,22-,27?/m1/s1. The van der Waals surface area contributed by atoms with Crippen LogP contribution in [0.5, 0.6) is 0 Å². The van der Waals surface area contributed by atoms with E-state index in [-0.39, 0.29) is 12.8 Å². The number of benzene rings is 1. The number of hydrogen-bond acceptors (Lipinski definition) is 4. The minimum absolute atomic E-state index is 0.0541. The van der Waals surface area contributed by atoms with E-state index in [4.69, 9.17) is 4.74 Å². The number of amides is 2. The maximum Gasteiger partial charge on any atom is 0.411 e. The molecule has 2 N–H and O–H groups in total. The Kier molecular flexibility index (Phi) is 7.24. The van der Waals surface area contributed by atoms with E-state index in [0.29, 0.717) is 12.5 Å². The molecule has 1 aromatic carbocycles. The van der Waals surface area contributed by atoms with Gasteiger partial charge in [-0.05, 0) is 63.7 Å². The zero-order chi connectivity index (χ0) is 25.3. The van der Waals surface area contributed by atoms with Crippen LogP contribution in [0.4, 0.5) is 4.79 Å². The van der Waals surface area contributed by atoms with Crippen molar-refractivity contribution in [1.29, 1.82) is 0 Å². The summed E-state index contributed by atoms with van der Waals surface area (Å²) in [5.41, 5.74) is 2.37. The van der Waals surface area contributed by atoms with Gasteiger partial charge in [-0.2, -0.15) is 0 Å². The lowest BCUT2D eigenvalue weighted by atomic mass is 9.82. The zero-order valence-corrected chi connectivity index (χ0v) is 21.0. The van der Waals surface area contributed by atoms with Crippen molar-refractivity contribution >= 4 is 18.0 Å². The Balaban J connectivity index is 1.81. The predicted molar refractivity (Wildman–Crippen MR) is 130 cm³/mol. The fourth-order valence-corrected chi connectivity index (χ4v) is 4.66. The minimum atomic E-state index is -1.10. The molecule has 2 amide bonds. The van der Waals surface area contributed by atoms with Crippen LogP contribution in [-0.2, 0) is 20.7 Å². The summed E-state index contributed by atoms with van der Waals surface area (Å²) in [7, 11) is 0. The van der Waals surface area contributed by atoms with E-state index in [1.165, 1.54) is 0 Å². The summed E-state index contributed by atoms with van der Waals surface area (Å²) in [5, 5.41) is 12.4. The average Bonchev–Trinajstić information content (AvgIpc) is 2.99. The molecule has 0 spiro atoms. The third kappa shape index (κ3) is 5.88. The molecule has 0 saturated carbocycles. The summed E-state index contributed by atoms with van der Waals surface area (Å²) >= 11 is 0. The molecular weight excluding hydrogens is 432 g/mol. The molecule has 7 heteroatoms. The minimum Gasteiger partial charge on any atom is -0.480 e. The Morgan fingerprint density at radius 1 is 1.24 bits per heavy atom. The van der Waals surface area contributed by atoms with E-state index >= 15 is 0 Å². The van der Waals surface area contributed by atoms with Crippen LogP contribution in [-0.4, -0.2) is 51.7 Å². The van der Waals surface area contributed by atoms with Gasteiger partial charge < -0.3 is 15.2 Å². The van der Waals surface area contributed by atoms with Gasteiger partial charge in [0.15, 0.2) is 0 Å². The highest BCUT2D eigenvalue weighted by molar-refractivity contribution is 5.86. The summed E-state index contributed by atoms with van der Waals surface area (Å²) in [5.74, 6) is -1.17. The van der Waals surface area contributed by atoms with Gasteiger partial charge in [-0.25, -0.2) is 9.59 Å². The number of rotatable bonds is 6. The van der Waals surface area contributed by atoms with Crippen molar-refractivity contribution in [1.82, 2.24) is 10.2 Å². The van der Waals surface area contributed by atoms with E-state index in [0.717, 1.165) is 28.7 Å². The molecule has 1 heterocycles. The maximum atomic E-state index is 13.2. The number of carboxylic acid groups (broad SMARTS) is 1. The molecule has 2 unspecified atom stereocenters. The van der Waals surface area contributed by atoms with Crippen molar-refractivity contribution in [2.45, 2.75) is 78.0 Å². The van der Waals surface area contributed by atoms with Crippen molar-refractivity contribution in [2.75, 3.05) is 6.54 Å². The smallest absolute Gasteiger partial charge is 0.411 e.